The summed E-state index contributed by atoms with van der Waals surface area (Å²) in [5.41, 5.74) is 1.20. The predicted octanol–water partition coefficient (Wildman–Crippen LogP) is 3.06. The lowest BCUT2D eigenvalue weighted by Crippen LogP contribution is -2.27. The standard InChI is InChI=1S/C12H16BrNO2/c1-7(2)10(13)12(16)14-9-6-4-5-8(3)11(9)15/h4-7,10,15H,1-3H3,(H,14,16). The van der Waals surface area contributed by atoms with E-state index in [4.69, 9.17) is 0 Å². The van der Waals surface area contributed by atoms with E-state index in [0.29, 0.717) is 5.69 Å². The molecule has 0 radical (unpaired) electrons. The summed E-state index contributed by atoms with van der Waals surface area (Å²) in [6.07, 6.45) is 0. The smallest absolute Gasteiger partial charge is 0.238 e. The van der Waals surface area contributed by atoms with Gasteiger partial charge in [0.2, 0.25) is 5.91 Å². The number of hydrogen-bond acceptors (Lipinski definition) is 2. The van der Waals surface area contributed by atoms with E-state index in [9.17, 15) is 9.90 Å². The highest BCUT2D eigenvalue weighted by Gasteiger charge is 2.19. The second kappa shape index (κ2) is 5.34. The predicted molar refractivity (Wildman–Crippen MR) is 69.0 cm³/mol. The Kier molecular flexibility index (Phi) is 4.35. The Morgan fingerprint density at radius 2 is 2.06 bits per heavy atom. The van der Waals surface area contributed by atoms with Crippen LogP contribution in [0.15, 0.2) is 18.2 Å². The van der Waals surface area contributed by atoms with E-state index in [1.54, 1.807) is 25.1 Å². The van der Waals surface area contributed by atoms with E-state index in [-0.39, 0.29) is 22.4 Å². The molecule has 16 heavy (non-hydrogen) atoms. The van der Waals surface area contributed by atoms with E-state index < -0.39 is 0 Å². The zero-order valence-corrected chi connectivity index (χ0v) is 11.2. The van der Waals surface area contributed by atoms with Crippen LogP contribution in [0.2, 0.25) is 0 Å². The molecule has 4 heteroatoms. The first-order valence-corrected chi connectivity index (χ1v) is 6.08. The van der Waals surface area contributed by atoms with Gasteiger partial charge in [-0.15, -0.1) is 0 Å². The highest BCUT2D eigenvalue weighted by atomic mass is 79.9. The van der Waals surface area contributed by atoms with Crippen molar-refractivity contribution in [3.8, 4) is 5.75 Å². The number of rotatable bonds is 3. The Morgan fingerprint density at radius 3 is 2.62 bits per heavy atom. The number of para-hydroxylation sites is 1. The van der Waals surface area contributed by atoms with E-state index in [1.165, 1.54) is 0 Å². The van der Waals surface area contributed by atoms with Gasteiger partial charge in [-0.25, -0.2) is 0 Å². The van der Waals surface area contributed by atoms with Crippen LogP contribution in [0.25, 0.3) is 0 Å². The number of carbonyl (C=O) groups is 1. The Bertz CT molecular complexity index is 391. The van der Waals surface area contributed by atoms with Gasteiger partial charge in [-0.3, -0.25) is 4.79 Å². The molecule has 1 unspecified atom stereocenters. The molecule has 1 amide bonds. The van der Waals surface area contributed by atoms with Crippen LogP contribution in [0.4, 0.5) is 5.69 Å². The molecule has 3 nitrogen and oxygen atoms in total. The maximum atomic E-state index is 11.7. The van der Waals surface area contributed by atoms with Gasteiger partial charge in [0.15, 0.2) is 0 Å². The molecule has 0 fully saturated rings. The molecule has 0 aliphatic rings. The SMILES string of the molecule is Cc1cccc(NC(=O)C(Br)C(C)C)c1O. The van der Waals surface area contributed by atoms with Crippen LogP contribution in [0.5, 0.6) is 5.75 Å². The number of hydrogen-bond donors (Lipinski definition) is 2. The first-order chi connectivity index (χ1) is 7.43. The van der Waals surface area contributed by atoms with E-state index in [1.807, 2.05) is 13.8 Å². The number of halogens is 1. The molecule has 1 rings (SSSR count). The number of anilines is 1. The number of phenols is 1. The van der Waals surface area contributed by atoms with Crippen molar-refractivity contribution >= 4 is 27.5 Å². The number of carbonyl (C=O) groups excluding carboxylic acids is 1. The molecule has 2 N–H and O–H groups in total. The number of phenolic OH excluding ortho intramolecular Hbond substituents is 1. The zero-order chi connectivity index (χ0) is 12.3. The van der Waals surface area contributed by atoms with Crippen molar-refractivity contribution in [1.29, 1.82) is 0 Å². The van der Waals surface area contributed by atoms with E-state index >= 15 is 0 Å². The van der Waals surface area contributed by atoms with E-state index in [2.05, 4.69) is 21.2 Å². The molecule has 0 spiro atoms. The minimum Gasteiger partial charge on any atom is -0.505 e. The number of aryl methyl sites for hydroxylation is 1. The minimum atomic E-state index is -0.257. The molecule has 1 atom stereocenters. The quantitative estimate of drug-likeness (QED) is 0.662. The van der Waals surface area contributed by atoms with Gasteiger partial charge in [-0.05, 0) is 24.5 Å². The van der Waals surface area contributed by atoms with E-state index in [0.717, 1.165) is 5.56 Å². The molecule has 1 aromatic carbocycles. The number of alkyl halides is 1. The summed E-state index contributed by atoms with van der Waals surface area (Å²) < 4.78 is 0. The van der Waals surface area contributed by atoms with Crippen LogP contribution in [0.1, 0.15) is 19.4 Å². The molecule has 0 heterocycles. The third-order valence-electron chi connectivity index (χ3n) is 2.33. The van der Waals surface area contributed by atoms with Crippen LogP contribution in [-0.4, -0.2) is 15.8 Å². The Morgan fingerprint density at radius 1 is 1.44 bits per heavy atom. The molecular weight excluding hydrogens is 270 g/mol. The third-order valence-corrected chi connectivity index (χ3v) is 3.80. The molecule has 88 valence electrons. The number of amides is 1. The minimum absolute atomic E-state index is 0.124. The van der Waals surface area contributed by atoms with Crippen molar-refractivity contribution in [3.05, 3.63) is 23.8 Å². The number of benzene rings is 1. The number of aromatic hydroxyl groups is 1. The summed E-state index contributed by atoms with van der Waals surface area (Å²) >= 11 is 3.31. The fraction of sp³-hybridized carbons (Fsp3) is 0.417. The second-order valence-corrected chi connectivity index (χ2v) is 5.09. The molecule has 0 aromatic heterocycles. The van der Waals surface area contributed by atoms with Gasteiger partial charge in [-0.1, -0.05) is 41.9 Å². The van der Waals surface area contributed by atoms with Gasteiger partial charge in [0.1, 0.15) is 5.75 Å². The molecule has 0 saturated carbocycles. The third kappa shape index (κ3) is 2.98. The Hall–Kier alpha value is -1.03. The van der Waals surface area contributed by atoms with Crippen molar-refractivity contribution < 1.29 is 9.90 Å². The maximum Gasteiger partial charge on any atom is 0.238 e. The normalized spacial score (nSPS) is 12.6. The summed E-state index contributed by atoms with van der Waals surface area (Å²) in [6.45, 7) is 5.70. The first-order valence-electron chi connectivity index (χ1n) is 5.17. The molecule has 1 aromatic rings. The average molecular weight is 286 g/mol. The topological polar surface area (TPSA) is 49.3 Å². The van der Waals surface area contributed by atoms with Crippen molar-refractivity contribution in [3.63, 3.8) is 0 Å². The molecule has 0 aliphatic carbocycles. The van der Waals surface area contributed by atoms with Crippen LogP contribution in [0, 0.1) is 12.8 Å². The van der Waals surface area contributed by atoms with Crippen molar-refractivity contribution in [2.24, 2.45) is 5.92 Å². The fourth-order valence-electron chi connectivity index (χ4n) is 1.26. The lowest BCUT2D eigenvalue weighted by molar-refractivity contribution is -0.116. The first kappa shape index (κ1) is 13.0. The summed E-state index contributed by atoms with van der Waals surface area (Å²) in [4.78, 5) is 11.5. The van der Waals surface area contributed by atoms with Crippen molar-refractivity contribution in [2.45, 2.75) is 25.6 Å². The molecule has 0 bridgehead atoms. The van der Waals surface area contributed by atoms with Gasteiger partial charge in [0.25, 0.3) is 0 Å². The van der Waals surface area contributed by atoms with Crippen LogP contribution < -0.4 is 5.32 Å². The largest absolute Gasteiger partial charge is 0.505 e. The van der Waals surface area contributed by atoms with Crippen molar-refractivity contribution in [1.82, 2.24) is 0 Å². The number of nitrogens with one attached hydrogen (secondary N) is 1. The second-order valence-electron chi connectivity index (χ2n) is 4.11. The van der Waals surface area contributed by atoms with Gasteiger partial charge in [-0.2, -0.15) is 0 Å². The highest BCUT2D eigenvalue weighted by molar-refractivity contribution is 9.10. The summed E-state index contributed by atoms with van der Waals surface area (Å²) in [6, 6.07) is 5.27. The van der Waals surface area contributed by atoms with Gasteiger partial charge in [0.05, 0.1) is 10.5 Å². The Labute approximate surface area is 104 Å². The van der Waals surface area contributed by atoms with Crippen LogP contribution in [0.3, 0.4) is 0 Å². The average Bonchev–Trinajstić information content (AvgIpc) is 2.23. The van der Waals surface area contributed by atoms with Gasteiger partial charge in [0, 0.05) is 0 Å². The molecule has 0 saturated heterocycles. The van der Waals surface area contributed by atoms with Crippen LogP contribution in [-0.2, 0) is 4.79 Å². The fourth-order valence-corrected chi connectivity index (χ4v) is 1.38. The zero-order valence-electron chi connectivity index (χ0n) is 9.62. The highest BCUT2D eigenvalue weighted by Crippen LogP contribution is 2.27. The van der Waals surface area contributed by atoms with Crippen LogP contribution >= 0.6 is 15.9 Å². The summed E-state index contributed by atoms with van der Waals surface area (Å²) in [5, 5.41) is 12.4. The lowest BCUT2D eigenvalue weighted by atomic mass is 10.1. The van der Waals surface area contributed by atoms with Crippen molar-refractivity contribution in [2.75, 3.05) is 5.32 Å². The molecular formula is C12H16BrNO2. The van der Waals surface area contributed by atoms with Gasteiger partial charge >= 0.3 is 0 Å². The Balaban J connectivity index is 2.81. The monoisotopic (exact) mass is 285 g/mol. The summed E-state index contributed by atoms with van der Waals surface area (Å²) in [5.74, 6) is 0.183. The maximum absolute atomic E-state index is 11.7. The summed E-state index contributed by atoms with van der Waals surface area (Å²) in [7, 11) is 0. The lowest BCUT2D eigenvalue weighted by Gasteiger charge is -2.15. The molecule has 0 aliphatic heterocycles. The van der Waals surface area contributed by atoms with Gasteiger partial charge < -0.3 is 10.4 Å².